The molecule has 3 aromatic rings. The first-order valence-electron chi connectivity index (χ1n) is 9.66. The van der Waals surface area contributed by atoms with E-state index in [1.54, 1.807) is 48.2 Å². The van der Waals surface area contributed by atoms with Crippen LogP contribution in [0.15, 0.2) is 83.8 Å². The van der Waals surface area contributed by atoms with Gasteiger partial charge in [0.05, 0.1) is 0 Å². The van der Waals surface area contributed by atoms with Crippen molar-refractivity contribution in [1.29, 1.82) is 0 Å². The fourth-order valence-electron chi connectivity index (χ4n) is 2.67. The Morgan fingerprint density at radius 1 is 0.839 bits per heavy atom. The molecule has 0 atom stereocenters. The van der Waals surface area contributed by atoms with Gasteiger partial charge >= 0.3 is 5.97 Å². The van der Waals surface area contributed by atoms with Crippen LogP contribution in [0.2, 0.25) is 0 Å². The minimum Gasteiger partial charge on any atom is -0.490 e. The molecule has 0 radical (unpaired) electrons. The number of ether oxygens (including phenoxy) is 3. The lowest BCUT2D eigenvalue weighted by molar-refractivity contribution is -0.119. The Hall–Kier alpha value is -3.45. The third kappa shape index (κ3) is 7.08. The summed E-state index contributed by atoms with van der Waals surface area (Å²) in [5.41, 5.74) is 0.889. The maximum atomic E-state index is 12.4. The number of rotatable bonds is 10. The van der Waals surface area contributed by atoms with Crippen LogP contribution in [0.5, 0.6) is 11.5 Å². The molecule has 0 fully saturated rings. The molecule has 0 aliphatic heterocycles. The first-order valence-corrected chi connectivity index (χ1v) is 10.9. The lowest BCUT2D eigenvalue weighted by Crippen LogP contribution is -2.21. The summed E-state index contributed by atoms with van der Waals surface area (Å²) in [6.45, 7) is 0.186. The number of anilines is 1. The van der Waals surface area contributed by atoms with Crippen LogP contribution in [-0.2, 0) is 9.53 Å². The maximum absolute atomic E-state index is 12.4. The van der Waals surface area contributed by atoms with E-state index in [-0.39, 0.29) is 12.2 Å². The number of para-hydroxylation sites is 2. The molecular weight excluding hydrogens is 414 g/mol. The molecule has 0 saturated heterocycles. The predicted molar refractivity (Wildman–Crippen MR) is 121 cm³/mol. The van der Waals surface area contributed by atoms with Crippen molar-refractivity contribution in [3.05, 3.63) is 84.4 Å². The first kappa shape index (κ1) is 22.2. The second-order valence-electron chi connectivity index (χ2n) is 6.36. The summed E-state index contributed by atoms with van der Waals surface area (Å²) < 4.78 is 16.4. The summed E-state index contributed by atoms with van der Waals surface area (Å²) in [5, 5.41) is 2.70. The molecule has 0 spiro atoms. The number of nitrogens with one attached hydrogen (secondary N) is 1. The standard InChI is InChI=1S/C24H23NO5S/c1-31-20-13-11-18(12-14-20)25-23(26)17-30-24(27)21-9-5-6-10-22(21)29-16-15-28-19-7-3-2-4-8-19/h2-14H,15-17H2,1H3,(H,25,26). The number of hydrogen-bond donors (Lipinski definition) is 1. The highest BCUT2D eigenvalue weighted by atomic mass is 32.2. The van der Waals surface area contributed by atoms with Gasteiger partial charge in [0.2, 0.25) is 0 Å². The van der Waals surface area contributed by atoms with Crippen molar-refractivity contribution < 1.29 is 23.8 Å². The van der Waals surface area contributed by atoms with Crippen molar-refractivity contribution in [2.45, 2.75) is 4.90 Å². The van der Waals surface area contributed by atoms with E-state index in [0.717, 1.165) is 10.6 Å². The topological polar surface area (TPSA) is 73.9 Å². The van der Waals surface area contributed by atoms with Crippen LogP contribution >= 0.6 is 11.8 Å². The molecule has 7 heteroatoms. The van der Waals surface area contributed by atoms with Gasteiger partial charge in [-0.15, -0.1) is 11.8 Å². The molecule has 31 heavy (non-hydrogen) atoms. The number of carbonyl (C=O) groups is 2. The molecule has 3 rings (SSSR count). The Balaban J connectivity index is 1.47. The Kier molecular flexibility index (Phi) is 8.37. The highest BCUT2D eigenvalue weighted by Gasteiger charge is 2.15. The number of benzene rings is 3. The molecule has 160 valence electrons. The number of amides is 1. The largest absolute Gasteiger partial charge is 0.490 e. The molecule has 0 saturated carbocycles. The third-order valence-corrected chi connectivity index (χ3v) is 4.91. The minimum atomic E-state index is -0.632. The van der Waals surface area contributed by atoms with Crippen LogP contribution < -0.4 is 14.8 Å². The quantitative estimate of drug-likeness (QED) is 0.282. The highest BCUT2D eigenvalue weighted by Crippen LogP contribution is 2.20. The van der Waals surface area contributed by atoms with Crippen LogP contribution in [0.3, 0.4) is 0 Å². The molecular formula is C24H23NO5S. The van der Waals surface area contributed by atoms with Crippen molar-refractivity contribution in [3.8, 4) is 11.5 Å². The Morgan fingerprint density at radius 3 is 2.26 bits per heavy atom. The molecule has 1 N–H and O–H groups in total. The highest BCUT2D eigenvalue weighted by molar-refractivity contribution is 7.98. The SMILES string of the molecule is CSc1ccc(NC(=O)COC(=O)c2ccccc2OCCOc2ccccc2)cc1. The summed E-state index contributed by atoms with van der Waals surface area (Å²) in [6.07, 6.45) is 1.98. The fourth-order valence-corrected chi connectivity index (χ4v) is 3.08. The molecule has 3 aromatic carbocycles. The van der Waals surface area contributed by atoms with Gasteiger partial charge in [0, 0.05) is 10.6 Å². The minimum absolute atomic E-state index is 0.249. The zero-order valence-electron chi connectivity index (χ0n) is 17.1. The van der Waals surface area contributed by atoms with Crippen molar-refractivity contribution in [1.82, 2.24) is 0 Å². The van der Waals surface area contributed by atoms with Gasteiger partial charge in [0.25, 0.3) is 5.91 Å². The Bertz CT molecular complexity index is 992. The normalized spacial score (nSPS) is 10.2. The zero-order chi connectivity index (χ0) is 21.9. The Labute approximate surface area is 185 Å². The summed E-state index contributed by atoms with van der Waals surface area (Å²) in [6, 6.07) is 23.5. The van der Waals surface area contributed by atoms with Crippen LogP contribution in [0, 0.1) is 0 Å². The molecule has 0 aliphatic rings. The van der Waals surface area contributed by atoms with Crippen molar-refractivity contribution in [2.75, 3.05) is 31.4 Å². The van der Waals surface area contributed by atoms with Crippen LogP contribution in [0.4, 0.5) is 5.69 Å². The van der Waals surface area contributed by atoms with E-state index >= 15 is 0 Å². The lowest BCUT2D eigenvalue weighted by Gasteiger charge is -2.12. The zero-order valence-corrected chi connectivity index (χ0v) is 17.9. The van der Waals surface area contributed by atoms with E-state index in [2.05, 4.69) is 5.32 Å². The molecule has 0 aliphatic carbocycles. The van der Waals surface area contributed by atoms with Crippen LogP contribution in [0.1, 0.15) is 10.4 Å². The predicted octanol–water partition coefficient (Wildman–Crippen LogP) is 4.66. The van der Waals surface area contributed by atoms with E-state index in [1.807, 2.05) is 48.7 Å². The summed E-state index contributed by atoms with van der Waals surface area (Å²) >= 11 is 1.61. The third-order valence-electron chi connectivity index (χ3n) is 4.17. The van der Waals surface area contributed by atoms with Gasteiger partial charge in [-0.1, -0.05) is 30.3 Å². The average molecular weight is 438 g/mol. The summed E-state index contributed by atoms with van der Waals surface area (Å²) in [5.74, 6) is 0.0671. The average Bonchev–Trinajstić information content (AvgIpc) is 2.82. The van der Waals surface area contributed by atoms with E-state index in [9.17, 15) is 9.59 Å². The van der Waals surface area contributed by atoms with Crippen molar-refractivity contribution in [2.24, 2.45) is 0 Å². The summed E-state index contributed by atoms with van der Waals surface area (Å²) in [4.78, 5) is 25.6. The van der Waals surface area contributed by atoms with Gasteiger partial charge < -0.3 is 19.5 Å². The van der Waals surface area contributed by atoms with Gasteiger partial charge in [-0.2, -0.15) is 0 Å². The van der Waals surface area contributed by atoms with Gasteiger partial charge in [-0.25, -0.2) is 4.79 Å². The Morgan fingerprint density at radius 2 is 1.52 bits per heavy atom. The molecule has 1 amide bonds. The molecule has 0 bridgehead atoms. The second kappa shape index (κ2) is 11.7. The fraction of sp³-hybridized carbons (Fsp3) is 0.167. The summed E-state index contributed by atoms with van der Waals surface area (Å²) in [7, 11) is 0. The molecule has 0 heterocycles. The van der Waals surface area contributed by atoms with Gasteiger partial charge in [0.15, 0.2) is 6.61 Å². The van der Waals surface area contributed by atoms with Gasteiger partial charge in [-0.05, 0) is 54.8 Å². The van der Waals surface area contributed by atoms with Crippen molar-refractivity contribution in [3.63, 3.8) is 0 Å². The number of esters is 1. The maximum Gasteiger partial charge on any atom is 0.342 e. The molecule has 0 unspecified atom stereocenters. The van der Waals surface area contributed by atoms with E-state index < -0.39 is 18.5 Å². The molecule has 0 aromatic heterocycles. The van der Waals surface area contributed by atoms with Crippen molar-refractivity contribution >= 4 is 29.3 Å². The monoisotopic (exact) mass is 437 g/mol. The van der Waals surface area contributed by atoms with Crippen LogP contribution in [0.25, 0.3) is 0 Å². The van der Waals surface area contributed by atoms with E-state index in [4.69, 9.17) is 14.2 Å². The van der Waals surface area contributed by atoms with Crippen LogP contribution in [-0.4, -0.2) is 38.0 Å². The van der Waals surface area contributed by atoms with E-state index in [0.29, 0.717) is 18.0 Å². The first-order chi connectivity index (χ1) is 15.2. The van der Waals surface area contributed by atoms with Gasteiger partial charge in [0.1, 0.15) is 30.3 Å². The lowest BCUT2D eigenvalue weighted by atomic mass is 10.2. The van der Waals surface area contributed by atoms with E-state index in [1.165, 1.54) is 0 Å². The molecule has 6 nitrogen and oxygen atoms in total. The van der Waals surface area contributed by atoms with Gasteiger partial charge in [-0.3, -0.25) is 4.79 Å². The second-order valence-corrected chi connectivity index (χ2v) is 7.24. The number of carbonyl (C=O) groups excluding carboxylic acids is 2. The number of thioether (sulfide) groups is 1. The number of hydrogen-bond acceptors (Lipinski definition) is 6. The smallest absolute Gasteiger partial charge is 0.342 e.